The number of aromatic amines is 1. The number of amides is 2. The molecule has 0 bridgehead atoms. The third-order valence-corrected chi connectivity index (χ3v) is 2.29. The molecule has 1 aromatic heterocycles. The lowest BCUT2D eigenvalue weighted by Crippen LogP contribution is -2.30. The molecule has 0 aliphatic heterocycles. The lowest BCUT2D eigenvalue weighted by molar-refractivity contribution is 0.252. The first-order valence-corrected chi connectivity index (χ1v) is 5.43. The minimum Gasteiger partial charge on any atom is -0.337 e. The van der Waals surface area contributed by atoms with Gasteiger partial charge in [0.15, 0.2) is 0 Å². The van der Waals surface area contributed by atoms with Gasteiger partial charge in [-0.25, -0.2) is 4.79 Å². The number of carbonyl (C=O) groups excluding carboxylic acids is 1. The van der Waals surface area contributed by atoms with Crippen LogP contribution >= 0.6 is 0 Å². The summed E-state index contributed by atoms with van der Waals surface area (Å²) in [4.78, 5) is 11.4. The highest BCUT2D eigenvalue weighted by Gasteiger charge is 2.01. The highest BCUT2D eigenvalue weighted by atomic mass is 16.2. The summed E-state index contributed by atoms with van der Waals surface area (Å²) in [7, 11) is 0. The summed E-state index contributed by atoms with van der Waals surface area (Å²) in [6.07, 6.45) is 2.40. The van der Waals surface area contributed by atoms with Gasteiger partial charge in [0.1, 0.15) is 5.82 Å². The second-order valence-corrected chi connectivity index (χ2v) is 3.59. The average molecular weight is 230 g/mol. The summed E-state index contributed by atoms with van der Waals surface area (Å²) in [6.45, 7) is 0.601. The molecule has 0 spiro atoms. The molecule has 1 heterocycles. The Balaban J connectivity index is 1.70. The van der Waals surface area contributed by atoms with Crippen molar-refractivity contribution in [3.05, 3.63) is 48.2 Å². The molecule has 17 heavy (non-hydrogen) atoms. The Hall–Kier alpha value is -2.30. The van der Waals surface area contributed by atoms with Crippen LogP contribution in [0.2, 0.25) is 0 Å². The molecule has 0 saturated carbocycles. The van der Waals surface area contributed by atoms with Gasteiger partial charge in [-0.05, 0) is 12.0 Å². The summed E-state index contributed by atoms with van der Waals surface area (Å²) in [5, 5.41) is 11.8. The standard InChI is InChI=1S/C12H14N4O/c17-12(15-11-7-9-14-16-11)13-8-6-10-4-2-1-3-5-10/h1-5,7,9H,6,8H2,(H3,13,14,15,16,17). The van der Waals surface area contributed by atoms with Crippen LogP contribution in [0.25, 0.3) is 0 Å². The number of benzene rings is 1. The van der Waals surface area contributed by atoms with E-state index in [1.165, 1.54) is 5.56 Å². The Bertz CT molecular complexity index is 453. The van der Waals surface area contributed by atoms with Gasteiger partial charge < -0.3 is 5.32 Å². The van der Waals surface area contributed by atoms with Crippen molar-refractivity contribution in [1.82, 2.24) is 15.5 Å². The van der Waals surface area contributed by atoms with Crippen molar-refractivity contribution in [2.75, 3.05) is 11.9 Å². The second-order valence-electron chi connectivity index (χ2n) is 3.59. The van der Waals surface area contributed by atoms with E-state index in [1.807, 2.05) is 30.3 Å². The topological polar surface area (TPSA) is 69.8 Å². The SMILES string of the molecule is O=C(NCCc1ccccc1)Nc1ccn[nH]1. The maximum absolute atomic E-state index is 11.4. The van der Waals surface area contributed by atoms with Crippen LogP contribution in [-0.2, 0) is 6.42 Å². The van der Waals surface area contributed by atoms with Crippen molar-refractivity contribution in [1.29, 1.82) is 0 Å². The number of hydrogen-bond donors (Lipinski definition) is 3. The first-order valence-electron chi connectivity index (χ1n) is 5.43. The molecular weight excluding hydrogens is 216 g/mol. The van der Waals surface area contributed by atoms with Crippen LogP contribution in [0.5, 0.6) is 0 Å². The van der Waals surface area contributed by atoms with Gasteiger partial charge >= 0.3 is 6.03 Å². The maximum atomic E-state index is 11.4. The van der Waals surface area contributed by atoms with E-state index in [0.717, 1.165) is 6.42 Å². The van der Waals surface area contributed by atoms with Crippen LogP contribution in [0.4, 0.5) is 10.6 Å². The molecule has 88 valence electrons. The van der Waals surface area contributed by atoms with Crippen LogP contribution in [0.15, 0.2) is 42.6 Å². The number of urea groups is 1. The Morgan fingerprint density at radius 2 is 2.06 bits per heavy atom. The fourth-order valence-electron chi connectivity index (χ4n) is 1.46. The molecule has 5 nitrogen and oxygen atoms in total. The molecular formula is C12H14N4O. The molecule has 1 aromatic carbocycles. The molecule has 0 unspecified atom stereocenters. The summed E-state index contributed by atoms with van der Waals surface area (Å²) in [6, 6.07) is 11.5. The average Bonchev–Trinajstić information content (AvgIpc) is 2.83. The van der Waals surface area contributed by atoms with Gasteiger partial charge in [-0.2, -0.15) is 5.10 Å². The van der Waals surface area contributed by atoms with E-state index in [4.69, 9.17) is 0 Å². The Labute approximate surface area is 99.2 Å². The lowest BCUT2D eigenvalue weighted by Gasteiger charge is -2.05. The van der Waals surface area contributed by atoms with E-state index in [0.29, 0.717) is 12.4 Å². The molecule has 2 amide bonds. The fraction of sp³-hybridized carbons (Fsp3) is 0.167. The monoisotopic (exact) mass is 230 g/mol. The number of aromatic nitrogens is 2. The summed E-state index contributed by atoms with van der Waals surface area (Å²) < 4.78 is 0. The number of hydrogen-bond acceptors (Lipinski definition) is 2. The van der Waals surface area contributed by atoms with Gasteiger partial charge in [0.2, 0.25) is 0 Å². The Morgan fingerprint density at radius 3 is 2.76 bits per heavy atom. The zero-order valence-corrected chi connectivity index (χ0v) is 9.31. The molecule has 0 aliphatic carbocycles. The predicted octanol–water partition coefficient (Wildman–Crippen LogP) is 1.77. The number of H-pyrrole nitrogens is 1. The Kier molecular flexibility index (Phi) is 3.75. The number of rotatable bonds is 4. The van der Waals surface area contributed by atoms with Gasteiger partial charge in [0.25, 0.3) is 0 Å². The molecule has 0 radical (unpaired) electrons. The van der Waals surface area contributed by atoms with Crippen molar-refractivity contribution < 1.29 is 4.79 Å². The van der Waals surface area contributed by atoms with Crippen LogP contribution < -0.4 is 10.6 Å². The quantitative estimate of drug-likeness (QED) is 0.749. The number of nitrogens with one attached hydrogen (secondary N) is 3. The summed E-state index contributed by atoms with van der Waals surface area (Å²) in [5.41, 5.74) is 1.20. The zero-order chi connectivity index (χ0) is 11.9. The van der Waals surface area contributed by atoms with Crippen LogP contribution in [0, 0.1) is 0 Å². The smallest absolute Gasteiger partial charge is 0.320 e. The molecule has 3 N–H and O–H groups in total. The Morgan fingerprint density at radius 1 is 1.24 bits per heavy atom. The predicted molar refractivity (Wildman–Crippen MR) is 65.8 cm³/mol. The molecule has 0 aliphatic rings. The molecule has 0 fully saturated rings. The van der Waals surface area contributed by atoms with E-state index >= 15 is 0 Å². The molecule has 0 atom stereocenters. The van der Waals surface area contributed by atoms with Crippen LogP contribution in [0.1, 0.15) is 5.56 Å². The summed E-state index contributed by atoms with van der Waals surface area (Å²) in [5.74, 6) is 0.585. The highest BCUT2D eigenvalue weighted by molar-refractivity contribution is 5.88. The first kappa shape index (κ1) is 11.2. The van der Waals surface area contributed by atoms with E-state index in [-0.39, 0.29) is 6.03 Å². The maximum Gasteiger partial charge on any atom is 0.320 e. The van der Waals surface area contributed by atoms with E-state index in [9.17, 15) is 4.79 Å². The third-order valence-electron chi connectivity index (χ3n) is 2.29. The molecule has 5 heteroatoms. The van der Waals surface area contributed by atoms with Crippen LogP contribution in [0.3, 0.4) is 0 Å². The van der Waals surface area contributed by atoms with Crippen molar-refractivity contribution in [3.8, 4) is 0 Å². The molecule has 0 saturated heterocycles. The largest absolute Gasteiger partial charge is 0.337 e. The van der Waals surface area contributed by atoms with Gasteiger partial charge in [-0.1, -0.05) is 30.3 Å². The number of anilines is 1. The van der Waals surface area contributed by atoms with Crippen LogP contribution in [-0.4, -0.2) is 22.8 Å². The number of nitrogens with zero attached hydrogens (tertiary/aromatic N) is 1. The second kappa shape index (κ2) is 5.69. The normalized spacial score (nSPS) is 9.88. The zero-order valence-electron chi connectivity index (χ0n) is 9.31. The van der Waals surface area contributed by atoms with E-state index in [2.05, 4.69) is 20.8 Å². The van der Waals surface area contributed by atoms with Crippen molar-refractivity contribution in [2.45, 2.75) is 6.42 Å². The van der Waals surface area contributed by atoms with Gasteiger partial charge in [0.05, 0.1) is 6.20 Å². The fourth-order valence-corrected chi connectivity index (χ4v) is 1.46. The van der Waals surface area contributed by atoms with Gasteiger partial charge in [-0.3, -0.25) is 10.4 Å². The minimum atomic E-state index is -0.231. The third kappa shape index (κ3) is 3.64. The van der Waals surface area contributed by atoms with E-state index in [1.54, 1.807) is 12.3 Å². The first-order chi connectivity index (χ1) is 8.34. The van der Waals surface area contributed by atoms with Crippen molar-refractivity contribution >= 4 is 11.8 Å². The minimum absolute atomic E-state index is 0.231. The van der Waals surface area contributed by atoms with Crippen molar-refractivity contribution in [3.63, 3.8) is 0 Å². The molecule has 2 aromatic rings. The van der Waals surface area contributed by atoms with E-state index < -0.39 is 0 Å². The highest BCUT2D eigenvalue weighted by Crippen LogP contribution is 1.99. The number of carbonyl (C=O) groups is 1. The van der Waals surface area contributed by atoms with Gasteiger partial charge in [-0.15, -0.1) is 0 Å². The van der Waals surface area contributed by atoms with Crippen molar-refractivity contribution in [2.24, 2.45) is 0 Å². The molecule has 2 rings (SSSR count). The lowest BCUT2D eigenvalue weighted by atomic mass is 10.1. The summed E-state index contributed by atoms with van der Waals surface area (Å²) >= 11 is 0. The van der Waals surface area contributed by atoms with Gasteiger partial charge in [0, 0.05) is 12.6 Å².